The number of aromatic nitrogens is 10. The van der Waals surface area contributed by atoms with Crippen LogP contribution in [0.2, 0.25) is 0 Å². The molecule has 11 aromatic rings. The summed E-state index contributed by atoms with van der Waals surface area (Å²) in [7, 11) is 0. The fourth-order valence-electron chi connectivity index (χ4n) is 19.4. The highest BCUT2D eigenvalue weighted by atomic mass is 16.1. The van der Waals surface area contributed by atoms with Gasteiger partial charge < -0.3 is 60.9 Å². The number of carbonyl (C=O) groups excluding carboxylic acids is 1. The minimum absolute atomic E-state index is 0. The number of nitriles is 3. The number of hydrogen-bond acceptors (Lipinski definition) is 15. The van der Waals surface area contributed by atoms with Crippen LogP contribution < -0.4 is 38.1 Å². The van der Waals surface area contributed by atoms with Gasteiger partial charge in [0.15, 0.2) is 0 Å². The quantitative estimate of drug-likeness (QED) is 0.0598. The molecular formula is C98H116N20O. The topological polar surface area (TPSA) is 290 Å². The highest BCUT2D eigenvalue weighted by Gasteiger charge is 2.52. The Morgan fingerprint density at radius 2 is 0.689 bits per heavy atom. The number of fused-ring (bicyclic) bond motifs is 5. The first kappa shape index (κ1) is 86.7. The summed E-state index contributed by atoms with van der Waals surface area (Å²) in [5.41, 5.74) is 33.1. The third-order valence-corrected chi connectivity index (χ3v) is 23.7. The normalized spacial score (nSPS) is 19.7. The van der Waals surface area contributed by atoms with E-state index in [-0.39, 0.29) is 36.6 Å². The van der Waals surface area contributed by atoms with Gasteiger partial charge >= 0.3 is 0 Å². The second-order valence-corrected chi connectivity index (χ2v) is 33.7. The smallest absolute Gasteiger partial charge is 0.249 e. The molecule has 5 atom stereocenters. The Kier molecular flexibility index (Phi) is 24.9. The van der Waals surface area contributed by atoms with E-state index in [9.17, 15) is 20.6 Å². The summed E-state index contributed by atoms with van der Waals surface area (Å²) < 4.78 is 10.5. The Labute approximate surface area is 703 Å². The van der Waals surface area contributed by atoms with Gasteiger partial charge in [0.25, 0.3) is 0 Å². The standard InChI is InChI=1S/C24H24N4.C19H24N4O.C19H22N4.C18H21N5.C17H21N3.CH4/c1-16(2)24(20-13-17(3)12-18(4)14-20)21(15-25)22(19-8-6-5-7-9-19)27-23-26-10-11-28(23)24;1-11(2)19(15-9-12(3)8-13(4)10-15)16(17(20)24)14(5)22-18-21-6-7-23(18)19;1-12(2)19(16-9-13(3)8-14(4)10-16)17(11-20)15(5)22-18-21-6-7-23(18)19;1-11(2)18(14-8-12(3)7-13(4)9-14)15(10-19)16(20)22-17-21-5-6-23(17)18;1-12(2)17(15-10-13(3)9-14(4)11-15)5-6-18-16-19-7-8-20(16)17;/h5-14,16H,1-4H3,(H,26,27);6-11H,1-5H3,(H2,20,24)(H,21,22);6-10,12H,1-5H3,(H,21,22);5-9,11H,20H2,1-4H3,(H,21,22);5-12H,1-4H3,(H,18,19);1H4. The van der Waals surface area contributed by atoms with Crippen molar-refractivity contribution in [1.82, 2.24) is 47.8 Å². The molecule has 6 aromatic carbocycles. The number of anilines is 5. The lowest BCUT2D eigenvalue weighted by Gasteiger charge is -2.45. The molecule has 0 spiro atoms. The van der Waals surface area contributed by atoms with Crippen molar-refractivity contribution in [3.05, 3.63) is 324 Å². The Bertz CT molecular complexity index is 5710. The maximum Gasteiger partial charge on any atom is 0.249 e. The minimum Gasteiger partial charge on any atom is -0.384 e. The highest BCUT2D eigenvalue weighted by Crippen LogP contribution is 2.52. The van der Waals surface area contributed by atoms with Crippen molar-refractivity contribution in [2.45, 2.75) is 187 Å². The fourth-order valence-corrected chi connectivity index (χ4v) is 19.4. The summed E-state index contributed by atoms with van der Waals surface area (Å²) in [6.07, 6.45) is 23.0. The molecule has 21 nitrogen and oxygen atoms in total. The number of nitrogens with one attached hydrogen (secondary N) is 5. The van der Waals surface area contributed by atoms with Crippen LogP contribution in [0.3, 0.4) is 0 Å². The molecule has 0 radical (unpaired) electrons. The summed E-state index contributed by atoms with van der Waals surface area (Å²) in [5.74, 6) is 4.78. The summed E-state index contributed by atoms with van der Waals surface area (Å²) in [4.78, 5) is 34.6. The van der Waals surface area contributed by atoms with E-state index in [1.54, 1.807) is 24.8 Å². The number of allylic oxidation sites excluding steroid dienone is 6. The molecule has 5 aromatic heterocycles. The molecule has 1 amide bonds. The SMILES string of the molecule is C.CC1=C(C#N)C(c2cc(C)cc(C)c2)(C(C)C)n2ccnc2N1.CC1=C(C(N)=O)C(c2cc(C)cc(C)c2)(C(C)C)n2ccnc2N1.Cc1cc(C)cc(C2(C(C)C)C(C#N)=C(N)Nc3nccn32)c1.Cc1cc(C)cc(C2(C(C)C)C(C#N)=C(c3ccccc3)Nc3nccn32)c1.Cc1cc(C)cc(C2(C(C)C)C=CNc3nccn32)c1. The number of nitrogens with zero attached hydrogens (tertiary/aromatic N) is 13. The number of benzene rings is 6. The van der Waals surface area contributed by atoms with Gasteiger partial charge in [-0.3, -0.25) is 4.79 Å². The monoisotopic (exact) mass is 1590 g/mol. The zero-order valence-electron chi connectivity index (χ0n) is 72.2. The zero-order valence-corrected chi connectivity index (χ0v) is 72.2. The van der Waals surface area contributed by atoms with E-state index in [0.717, 1.165) is 96.5 Å². The Hall–Kier alpha value is -13.2. The number of hydrogen-bond donors (Lipinski definition) is 7. The largest absolute Gasteiger partial charge is 0.384 e. The molecule has 10 heterocycles. The Morgan fingerprint density at radius 1 is 0.378 bits per heavy atom. The Balaban J connectivity index is 0.000000146. The number of nitrogens with two attached hydrogens (primary N) is 2. The fraction of sp³-hybridized carbons (Fsp3) is 0.337. The zero-order chi connectivity index (χ0) is 85.4. The first-order chi connectivity index (χ1) is 56.1. The highest BCUT2D eigenvalue weighted by molar-refractivity contribution is 5.97. The number of carbonyl (C=O) groups is 1. The molecular weight excluding hydrogens is 1470 g/mol. The summed E-state index contributed by atoms with van der Waals surface area (Å²) in [5, 5.41) is 46.3. The number of primary amides is 1. The molecule has 0 fully saturated rings. The molecule has 16 rings (SSSR count). The van der Waals surface area contributed by atoms with Crippen LogP contribution in [0.25, 0.3) is 5.70 Å². The lowest BCUT2D eigenvalue weighted by Crippen LogP contribution is -2.49. The van der Waals surface area contributed by atoms with Gasteiger partial charge in [-0.1, -0.05) is 254 Å². The lowest BCUT2D eigenvalue weighted by atomic mass is 9.71. The maximum absolute atomic E-state index is 12.5. The van der Waals surface area contributed by atoms with Crippen molar-refractivity contribution in [2.24, 2.45) is 41.1 Å². The van der Waals surface area contributed by atoms with E-state index >= 15 is 0 Å². The summed E-state index contributed by atoms with van der Waals surface area (Å²) in [6, 6.07) is 50.1. The van der Waals surface area contributed by atoms with Crippen molar-refractivity contribution in [3.8, 4) is 18.2 Å². The minimum atomic E-state index is -0.677. The van der Waals surface area contributed by atoms with Crippen LogP contribution in [0.4, 0.5) is 29.7 Å². The average molecular weight is 1590 g/mol. The van der Waals surface area contributed by atoms with E-state index in [1.807, 2.05) is 90.5 Å². The van der Waals surface area contributed by atoms with Crippen molar-refractivity contribution in [3.63, 3.8) is 0 Å². The molecule has 5 aliphatic heterocycles. The number of amides is 1. The molecule has 5 unspecified atom stereocenters. The molecule has 0 saturated carbocycles. The van der Waals surface area contributed by atoms with E-state index in [4.69, 9.17) is 11.5 Å². The average Bonchev–Trinajstić information content (AvgIpc) is 1.72. The molecule has 0 aliphatic carbocycles. The van der Waals surface area contributed by atoms with Crippen LogP contribution >= 0.6 is 0 Å². The van der Waals surface area contributed by atoms with Crippen LogP contribution in [0.1, 0.15) is 180 Å². The van der Waals surface area contributed by atoms with Gasteiger partial charge in [0.05, 0.1) is 40.1 Å². The van der Waals surface area contributed by atoms with E-state index in [1.165, 1.54) is 38.9 Å². The predicted molar refractivity (Wildman–Crippen MR) is 480 cm³/mol. The molecule has 119 heavy (non-hydrogen) atoms. The van der Waals surface area contributed by atoms with Crippen molar-refractivity contribution in [2.75, 3.05) is 26.6 Å². The van der Waals surface area contributed by atoms with E-state index in [2.05, 4.69) is 325 Å². The molecule has 614 valence electrons. The van der Waals surface area contributed by atoms with Gasteiger partial charge in [-0.25, -0.2) is 24.9 Å². The van der Waals surface area contributed by atoms with E-state index < -0.39 is 28.1 Å². The van der Waals surface area contributed by atoms with Gasteiger partial charge in [-0.05, 0) is 152 Å². The third-order valence-electron chi connectivity index (χ3n) is 23.7. The molecule has 21 heteroatoms. The molecule has 0 bridgehead atoms. The van der Waals surface area contributed by atoms with Gasteiger partial charge in [0.2, 0.25) is 35.6 Å². The van der Waals surface area contributed by atoms with Crippen LogP contribution in [-0.4, -0.2) is 53.7 Å². The second-order valence-electron chi connectivity index (χ2n) is 33.7. The predicted octanol–water partition coefficient (Wildman–Crippen LogP) is 20.0. The maximum atomic E-state index is 12.5. The summed E-state index contributed by atoms with van der Waals surface area (Å²) in [6.45, 7) is 46.5. The van der Waals surface area contributed by atoms with Crippen LogP contribution in [0.5, 0.6) is 0 Å². The second kappa shape index (κ2) is 34.2. The molecule has 9 N–H and O–H groups in total. The first-order valence-electron chi connectivity index (χ1n) is 40.5. The first-order valence-corrected chi connectivity index (χ1v) is 40.5. The van der Waals surface area contributed by atoms with Gasteiger partial charge in [0.1, 0.15) is 39.6 Å². The van der Waals surface area contributed by atoms with Crippen LogP contribution in [0.15, 0.2) is 235 Å². The number of aryl methyl sites for hydroxylation is 10. The molecule has 5 aliphatic rings. The Morgan fingerprint density at radius 3 is 1.05 bits per heavy atom. The van der Waals surface area contributed by atoms with Crippen LogP contribution in [0, 0.1) is 133 Å². The lowest BCUT2D eigenvalue weighted by molar-refractivity contribution is -0.115. The van der Waals surface area contributed by atoms with Gasteiger partial charge in [0, 0.05) is 79.6 Å². The number of rotatable bonds is 12. The van der Waals surface area contributed by atoms with Gasteiger partial charge in [-0.2, -0.15) is 15.8 Å². The van der Waals surface area contributed by atoms with Crippen molar-refractivity contribution in [1.29, 1.82) is 15.8 Å². The van der Waals surface area contributed by atoms with E-state index in [0.29, 0.717) is 34.4 Å². The molecule has 0 saturated heterocycles. The van der Waals surface area contributed by atoms with Crippen molar-refractivity contribution < 1.29 is 4.79 Å². The third kappa shape index (κ3) is 15.0. The van der Waals surface area contributed by atoms with Gasteiger partial charge in [-0.15, -0.1) is 0 Å². The number of imidazole rings is 5. The van der Waals surface area contributed by atoms with Crippen molar-refractivity contribution >= 4 is 41.3 Å². The van der Waals surface area contributed by atoms with Crippen LogP contribution in [-0.2, 0) is 32.5 Å². The summed E-state index contributed by atoms with van der Waals surface area (Å²) >= 11 is 0.